The number of carbonyl (C=O) groups excluding carboxylic acids is 2. The van der Waals surface area contributed by atoms with Crippen molar-refractivity contribution in [3.05, 3.63) is 0 Å². The lowest BCUT2D eigenvalue weighted by Gasteiger charge is -2.23. The zero-order valence-electron chi connectivity index (χ0n) is 9.21. The van der Waals surface area contributed by atoms with Gasteiger partial charge in [-0.3, -0.25) is 9.59 Å². The largest absolute Gasteiger partial charge is 0.300 e. The Balaban J connectivity index is 2.54. The summed E-state index contributed by atoms with van der Waals surface area (Å²) < 4.78 is 0. The Morgan fingerprint density at radius 3 is 2.57 bits per heavy atom. The van der Waals surface area contributed by atoms with Gasteiger partial charge in [-0.2, -0.15) is 0 Å². The molecule has 1 unspecified atom stereocenters. The number of ketones is 2. The van der Waals surface area contributed by atoms with E-state index in [1.807, 2.05) is 0 Å². The summed E-state index contributed by atoms with van der Waals surface area (Å²) >= 11 is 0. The third kappa shape index (κ3) is 2.66. The van der Waals surface area contributed by atoms with E-state index >= 15 is 0 Å². The van der Waals surface area contributed by atoms with Crippen molar-refractivity contribution in [3.8, 4) is 0 Å². The molecule has 1 atom stereocenters. The molecule has 1 aliphatic rings. The Morgan fingerprint density at radius 1 is 1.43 bits per heavy atom. The predicted molar refractivity (Wildman–Crippen MR) is 56.0 cm³/mol. The molecule has 0 saturated heterocycles. The number of hydrogen-bond donors (Lipinski definition) is 0. The smallest absolute Gasteiger partial charge is 0.139 e. The highest BCUT2D eigenvalue weighted by atomic mass is 16.1. The molecule has 80 valence electrons. The van der Waals surface area contributed by atoms with Crippen LogP contribution in [0.25, 0.3) is 0 Å². The van der Waals surface area contributed by atoms with Gasteiger partial charge in [0, 0.05) is 24.7 Å². The molecule has 0 spiro atoms. The van der Waals surface area contributed by atoms with Gasteiger partial charge in [0.05, 0.1) is 0 Å². The first kappa shape index (κ1) is 11.4. The second-order valence-electron chi connectivity index (χ2n) is 4.25. The lowest BCUT2D eigenvalue weighted by atomic mass is 9.79. The van der Waals surface area contributed by atoms with Crippen molar-refractivity contribution in [2.45, 2.75) is 52.4 Å². The molecule has 2 nitrogen and oxygen atoms in total. The van der Waals surface area contributed by atoms with E-state index in [0.29, 0.717) is 18.6 Å². The fourth-order valence-corrected chi connectivity index (χ4v) is 2.29. The topological polar surface area (TPSA) is 34.1 Å². The molecule has 0 N–H and O–H groups in total. The van der Waals surface area contributed by atoms with Gasteiger partial charge in [0.2, 0.25) is 0 Å². The van der Waals surface area contributed by atoms with Crippen LogP contribution >= 0.6 is 0 Å². The summed E-state index contributed by atoms with van der Waals surface area (Å²) in [7, 11) is 0. The van der Waals surface area contributed by atoms with Crippen molar-refractivity contribution in [1.29, 1.82) is 0 Å². The van der Waals surface area contributed by atoms with Gasteiger partial charge in [-0.1, -0.05) is 13.8 Å². The van der Waals surface area contributed by atoms with Gasteiger partial charge in [-0.25, -0.2) is 0 Å². The molecule has 2 heteroatoms. The molecule has 1 rings (SSSR count). The van der Waals surface area contributed by atoms with Crippen molar-refractivity contribution < 1.29 is 9.59 Å². The van der Waals surface area contributed by atoms with Crippen LogP contribution in [-0.4, -0.2) is 11.6 Å². The first-order chi connectivity index (χ1) is 6.69. The normalized spacial score (nSPS) is 22.8. The van der Waals surface area contributed by atoms with Gasteiger partial charge < -0.3 is 0 Å². The van der Waals surface area contributed by atoms with E-state index in [-0.39, 0.29) is 17.6 Å². The quantitative estimate of drug-likeness (QED) is 0.692. The standard InChI is InChI=1S/C12H20O2/c1-3-9(4-2)12(14)10-6-5-7-11(13)8-10/h9-10H,3-8H2,1-2H3. The van der Waals surface area contributed by atoms with Crippen LogP contribution in [0.15, 0.2) is 0 Å². The second-order valence-corrected chi connectivity index (χ2v) is 4.25. The maximum absolute atomic E-state index is 12.0. The van der Waals surface area contributed by atoms with Crippen molar-refractivity contribution in [3.63, 3.8) is 0 Å². The van der Waals surface area contributed by atoms with Crippen molar-refractivity contribution in [1.82, 2.24) is 0 Å². The Morgan fingerprint density at radius 2 is 2.07 bits per heavy atom. The highest BCUT2D eigenvalue weighted by Gasteiger charge is 2.28. The minimum absolute atomic E-state index is 0.0427. The molecule has 0 bridgehead atoms. The third-order valence-electron chi connectivity index (χ3n) is 3.27. The fourth-order valence-electron chi connectivity index (χ4n) is 2.29. The lowest BCUT2D eigenvalue weighted by Crippen LogP contribution is -2.28. The zero-order chi connectivity index (χ0) is 10.6. The number of rotatable bonds is 4. The van der Waals surface area contributed by atoms with Gasteiger partial charge in [-0.15, -0.1) is 0 Å². The first-order valence-corrected chi connectivity index (χ1v) is 5.74. The minimum atomic E-state index is 0.0427. The highest BCUT2D eigenvalue weighted by Crippen LogP contribution is 2.26. The predicted octanol–water partition coefficient (Wildman–Crippen LogP) is 2.75. The monoisotopic (exact) mass is 196 g/mol. The van der Waals surface area contributed by atoms with Crippen molar-refractivity contribution in [2.24, 2.45) is 11.8 Å². The van der Waals surface area contributed by atoms with E-state index in [2.05, 4.69) is 13.8 Å². The van der Waals surface area contributed by atoms with Gasteiger partial charge in [-0.05, 0) is 25.7 Å². The second kappa shape index (κ2) is 5.28. The molecule has 0 heterocycles. The summed E-state index contributed by atoms with van der Waals surface area (Å²) in [5, 5.41) is 0. The van der Waals surface area contributed by atoms with Crippen LogP contribution in [0.2, 0.25) is 0 Å². The van der Waals surface area contributed by atoms with Gasteiger partial charge in [0.1, 0.15) is 11.6 Å². The zero-order valence-corrected chi connectivity index (χ0v) is 9.21. The molecule has 1 aliphatic carbocycles. The summed E-state index contributed by atoms with van der Waals surface area (Å²) in [4.78, 5) is 23.2. The summed E-state index contributed by atoms with van der Waals surface area (Å²) in [6.45, 7) is 4.10. The van der Waals surface area contributed by atoms with Crippen LogP contribution in [0.1, 0.15) is 52.4 Å². The molecule has 14 heavy (non-hydrogen) atoms. The third-order valence-corrected chi connectivity index (χ3v) is 3.27. The lowest BCUT2D eigenvalue weighted by molar-refractivity contribution is -0.132. The first-order valence-electron chi connectivity index (χ1n) is 5.74. The van der Waals surface area contributed by atoms with Gasteiger partial charge in [0.25, 0.3) is 0 Å². The molecule has 0 aromatic rings. The van der Waals surface area contributed by atoms with Crippen LogP contribution in [0.3, 0.4) is 0 Å². The Labute approximate surface area is 86.1 Å². The molecular weight excluding hydrogens is 176 g/mol. The van der Waals surface area contributed by atoms with E-state index in [9.17, 15) is 9.59 Å². The van der Waals surface area contributed by atoms with Crippen LogP contribution in [-0.2, 0) is 9.59 Å². The Bertz CT molecular complexity index is 216. The van der Waals surface area contributed by atoms with Gasteiger partial charge in [0.15, 0.2) is 0 Å². The molecule has 0 aliphatic heterocycles. The molecule has 1 saturated carbocycles. The van der Waals surface area contributed by atoms with Crippen LogP contribution < -0.4 is 0 Å². The van der Waals surface area contributed by atoms with E-state index in [1.54, 1.807) is 0 Å². The van der Waals surface area contributed by atoms with Crippen molar-refractivity contribution >= 4 is 11.6 Å². The summed E-state index contributed by atoms with van der Waals surface area (Å²) in [6, 6.07) is 0. The van der Waals surface area contributed by atoms with E-state index in [4.69, 9.17) is 0 Å². The molecule has 0 aromatic heterocycles. The SMILES string of the molecule is CCC(CC)C(=O)C1CCCC(=O)C1. The molecule has 0 aromatic carbocycles. The Hall–Kier alpha value is -0.660. The van der Waals surface area contributed by atoms with Crippen LogP contribution in [0.5, 0.6) is 0 Å². The van der Waals surface area contributed by atoms with E-state index in [0.717, 1.165) is 25.7 Å². The Kier molecular flexibility index (Phi) is 4.30. The van der Waals surface area contributed by atoms with Crippen LogP contribution in [0.4, 0.5) is 0 Å². The highest BCUT2D eigenvalue weighted by molar-refractivity contribution is 5.90. The van der Waals surface area contributed by atoms with E-state index < -0.39 is 0 Å². The molecule has 0 amide bonds. The summed E-state index contributed by atoms with van der Waals surface area (Å²) in [5.41, 5.74) is 0. The summed E-state index contributed by atoms with van der Waals surface area (Å²) in [6.07, 6.45) is 4.87. The molecule has 0 radical (unpaired) electrons. The molecule has 1 fully saturated rings. The van der Waals surface area contributed by atoms with Crippen molar-refractivity contribution in [2.75, 3.05) is 0 Å². The minimum Gasteiger partial charge on any atom is -0.300 e. The summed E-state index contributed by atoms with van der Waals surface area (Å²) in [5.74, 6) is 0.843. The average Bonchev–Trinajstić information content (AvgIpc) is 2.19. The van der Waals surface area contributed by atoms with Crippen LogP contribution in [0, 0.1) is 11.8 Å². The van der Waals surface area contributed by atoms with E-state index in [1.165, 1.54) is 0 Å². The number of Topliss-reactive ketones (excluding diaryl/α,β-unsaturated/α-hetero) is 2. The number of hydrogen-bond acceptors (Lipinski definition) is 2. The maximum atomic E-state index is 12.0. The maximum Gasteiger partial charge on any atom is 0.139 e. The fraction of sp³-hybridized carbons (Fsp3) is 0.833. The molecular formula is C12H20O2. The average molecular weight is 196 g/mol. The van der Waals surface area contributed by atoms with Gasteiger partial charge >= 0.3 is 0 Å². The number of carbonyl (C=O) groups is 2.